The minimum absolute atomic E-state index is 0.559. The lowest BCUT2D eigenvalue weighted by atomic mass is 10.1. The van der Waals surface area contributed by atoms with E-state index in [1.54, 1.807) is 32.4 Å². The lowest BCUT2D eigenvalue weighted by molar-refractivity contribution is 0.355. The van der Waals surface area contributed by atoms with E-state index >= 15 is 0 Å². The highest BCUT2D eigenvalue weighted by Gasteiger charge is 2.08. The summed E-state index contributed by atoms with van der Waals surface area (Å²) in [4.78, 5) is 3.04. The predicted octanol–water partition coefficient (Wildman–Crippen LogP) is 3.10. The zero-order chi connectivity index (χ0) is 13.7. The van der Waals surface area contributed by atoms with Gasteiger partial charge in [-0.25, -0.2) is 0 Å². The molecule has 0 amide bonds. The molecule has 0 aliphatic carbocycles. The molecule has 0 radical (unpaired) electrons. The maximum atomic E-state index is 9.26. The Morgan fingerprint density at radius 2 is 2.00 bits per heavy atom. The SMILES string of the molecule is COc1ccc(/C(C#N)=C/c2ccc[nH]2)cc1OC. The quantitative estimate of drug-likeness (QED) is 0.853. The Morgan fingerprint density at radius 3 is 2.58 bits per heavy atom. The lowest BCUT2D eigenvalue weighted by Crippen LogP contribution is -1.92. The number of ether oxygens (including phenoxy) is 2. The Kier molecular flexibility index (Phi) is 3.89. The third-order valence-electron chi connectivity index (χ3n) is 2.74. The van der Waals surface area contributed by atoms with Gasteiger partial charge in [0.15, 0.2) is 11.5 Å². The van der Waals surface area contributed by atoms with Crippen molar-refractivity contribution in [3.63, 3.8) is 0 Å². The first-order valence-corrected chi connectivity index (χ1v) is 5.76. The zero-order valence-corrected chi connectivity index (χ0v) is 10.8. The third-order valence-corrected chi connectivity index (χ3v) is 2.74. The summed E-state index contributed by atoms with van der Waals surface area (Å²) in [5.41, 5.74) is 2.23. The highest BCUT2D eigenvalue weighted by Crippen LogP contribution is 2.30. The van der Waals surface area contributed by atoms with Gasteiger partial charge in [-0.2, -0.15) is 5.26 Å². The summed E-state index contributed by atoms with van der Waals surface area (Å²) in [6, 6.07) is 11.4. The number of nitrogens with zero attached hydrogens (tertiary/aromatic N) is 1. The van der Waals surface area contributed by atoms with Crippen LogP contribution in [0.25, 0.3) is 11.6 Å². The smallest absolute Gasteiger partial charge is 0.161 e. The minimum Gasteiger partial charge on any atom is -0.493 e. The Bertz CT molecular complexity index is 622. The fourth-order valence-corrected chi connectivity index (χ4v) is 1.77. The topological polar surface area (TPSA) is 58.0 Å². The Hall–Kier alpha value is -2.67. The number of nitriles is 1. The number of aromatic nitrogens is 1. The largest absolute Gasteiger partial charge is 0.493 e. The zero-order valence-electron chi connectivity index (χ0n) is 10.8. The van der Waals surface area contributed by atoms with Crippen LogP contribution in [-0.2, 0) is 0 Å². The number of allylic oxidation sites excluding steroid dienone is 1. The average Bonchev–Trinajstić information content (AvgIpc) is 2.97. The van der Waals surface area contributed by atoms with Gasteiger partial charge in [0, 0.05) is 11.9 Å². The second kappa shape index (κ2) is 5.78. The van der Waals surface area contributed by atoms with Crippen LogP contribution in [0.15, 0.2) is 36.5 Å². The number of benzene rings is 1. The normalized spacial score (nSPS) is 10.9. The summed E-state index contributed by atoms with van der Waals surface area (Å²) in [6.45, 7) is 0. The van der Waals surface area contributed by atoms with Gasteiger partial charge in [0.25, 0.3) is 0 Å². The first-order chi connectivity index (χ1) is 9.28. The molecular weight excluding hydrogens is 240 g/mol. The van der Waals surface area contributed by atoms with Crippen LogP contribution < -0.4 is 9.47 Å². The molecule has 0 saturated heterocycles. The molecule has 0 bridgehead atoms. The summed E-state index contributed by atoms with van der Waals surface area (Å²) < 4.78 is 10.4. The molecule has 1 aromatic heterocycles. The van der Waals surface area contributed by atoms with Gasteiger partial charge in [-0.05, 0) is 42.0 Å². The molecule has 0 atom stereocenters. The number of methoxy groups -OCH3 is 2. The summed E-state index contributed by atoms with van der Waals surface area (Å²) >= 11 is 0. The lowest BCUT2D eigenvalue weighted by Gasteiger charge is -2.08. The monoisotopic (exact) mass is 254 g/mol. The molecule has 0 fully saturated rings. The second-order valence-corrected chi connectivity index (χ2v) is 3.87. The van der Waals surface area contributed by atoms with Crippen LogP contribution >= 0.6 is 0 Å². The minimum atomic E-state index is 0.559. The van der Waals surface area contributed by atoms with Gasteiger partial charge in [0.2, 0.25) is 0 Å². The maximum Gasteiger partial charge on any atom is 0.161 e. The molecule has 1 heterocycles. The van der Waals surface area contributed by atoms with Crippen LogP contribution in [-0.4, -0.2) is 19.2 Å². The van der Waals surface area contributed by atoms with Crippen molar-refractivity contribution in [2.24, 2.45) is 0 Å². The molecule has 0 unspecified atom stereocenters. The van der Waals surface area contributed by atoms with Crippen LogP contribution in [0.1, 0.15) is 11.3 Å². The van der Waals surface area contributed by atoms with Crippen LogP contribution in [0.2, 0.25) is 0 Å². The molecular formula is C15H14N2O2. The van der Waals surface area contributed by atoms with E-state index in [9.17, 15) is 5.26 Å². The van der Waals surface area contributed by atoms with Gasteiger partial charge in [-0.3, -0.25) is 0 Å². The maximum absolute atomic E-state index is 9.26. The van der Waals surface area contributed by atoms with Gasteiger partial charge in [0.05, 0.1) is 25.9 Å². The highest BCUT2D eigenvalue weighted by molar-refractivity contribution is 5.89. The number of hydrogen-bond donors (Lipinski definition) is 1. The van der Waals surface area contributed by atoms with Gasteiger partial charge in [-0.1, -0.05) is 0 Å². The van der Waals surface area contributed by atoms with E-state index in [-0.39, 0.29) is 0 Å². The molecule has 2 aromatic rings. The molecule has 2 rings (SSSR count). The summed E-state index contributed by atoms with van der Waals surface area (Å²) in [6.07, 6.45) is 3.61. The van der Waals surface area contributed by atoms with Crippen LogP contribution in [0.5, 0.6) is 11.5 Å². The predicted molar refractivity (Wildman–Crippen MR) is 73.8 cm³/mol. The first-order valence-electron chi connectivity index (χ1n) is 5.76. The molecule has 96 valence electrons. The van der Waals surface area contributed by atoms with E-state index < -0.39 is 0 Å². The average molecular weight is 254 g/mol. The van der Waals surface area contributed by atoms with Crippen molar-refractivity contribution in [3.8, 4) is 17.6 Å². The summed E-state index contributed by atoms with van der Waals surface area (Å²) in [7, 11) is 3.15. The van der Waals surface area contributed by atoms with E-state index in [1.807, 2.05) is 24.4 Å². The number of H-pyrrole nitrogens is 1. The molecule has 0 spiro atoms. The molecule has 4 nitrogen and oxygen atoms in total. The number of aromatic amines is 1. The molecule has 1 aromatic carbocycles. The Balaban J connectivity index is 2.42. The molecule has 0 saturated carbocycles. The van der Waals surface area contributed by atoms with Crippen LogP contribution in [0, 0.1) is 11.3 Å². The van der Waals surface area contributed by atoms with Crippen molar-refractivity contribution in [2.45, 2.75) is 0 Å². The Morgan fingerprint density at radius 1 is 1.21 bits per heavy atom. The van der Waals surface area contributed by atoms with Crippen LogP contribution in [0.3, 0.4) is 0 Å². The van der Waals surface area contributed by atoms with Gasteiger partial charge in [-0.15, -0.1) is 0 Å². The van der Waals surface area contributed by atoms with Crippen molar-refractivity contribution in [2.75, 3.05) is 14.2 Å². The standard InChI is InChI=1S/C15H14N2O2/c1-18-14-6-5-11(9-15(14)19-2)12(10-16)8-13-4-3-7-17-13/h3-9,17H,1-2H3/b12-8+. The van der Waals surface area contributed by atoms with Gasteiger partial charge in [0.1, 0.15) is 0 Å². The van der Waals surface area contributed by atoms with Crippen molar-refractivity contribution < 1.29 is 9.47 Å². The molecule has 19 heavy (non-hydrogen) atoms. The van der Waals surface area contributed by atoms with Gasteiger partial charge >= 0.3 is 0 Å². The number of nitrogens with one attached hydrogen (secondary N) is 1. The van der Waals surface area contributed by atoms with E-state index in [1.165, 1.54) is 0 Å². The van der Waals surface area contributed by atoms with Crippen molar-refractivity contribution >= 4 is 11.6 Å². The van der Waals surface area contributed by atoms with Crippen molar-refractivity contribution in [1.29, 1.82) is 5.26 Å². The summed E-state index contributed by atoms with van der Waals surface area (Å²) in [5, 5.41) is 9.26. The first kappa shape index (κ1) is 12.8. The van der Waals surface area contributed by atoms with E-state index in [0.29, 0.717) is 17.1 Å². The number of rotatable bonds is 4. The van der Waals surface area contributed by atoms with E-state index in [2.05, 4.69) is 11.1 Å². The van der Waals surface area contributed by atoms with Crippen molar-refractivity contribution in [3.05, 3.63) is 47.8 Å². The third kappa shape index (κ3) is 2.78. The molecule has 0 aliphatic heterocycles. The van der Waals surface area contributed by atoms with Crippen molar-refractivity contribution in [1.82, 2.24) is 4.98 Å². The van der Waals surface area contributed by atoms with Crippen LogP contribution in [0.4, 0.5) is 0 Å². The molecule has 0 aliphatic rings. The Labute approximate surface area is 111 Å². The van der Waals surface area contributed by atoms with E-state index in [0.717, 1.165) is 11.3 Å². The fraction of sp³-hybridized carbons (Fsp3) is 0.133. The number of hydrogen-bond acceptors (Lipinski definition) is 3. The molecule has 1 N–H and O–H groups in total. The summed E-state index contributed by atoms with van der Waals surface area (Å²) in [5.74, 6) is 1.25. The van der Waals surface area contributed by atoms with Gasteiger partial charge < -0.3 is 14.5 Å². The molecule has 4 heteroatoms. The second-order valence-electron chi connectivity index (χ2n) is 3.87. The fourth-order valence-electron chi connectivity index (χ4n) is 1.77. The highest BCUT2D eigenvalue weighted by atomic mass is 16.5. The van der Waals surface area contributed by atoms with E-state index in [4.69, 9.17) is 9.47 Å².